The summed E-state index contributed by atoms with van der Waals surface area (Å²) in [4.78, 5) is 68.8. The maximum Gasteiger partial charge on any atom is 0.346 e. The number of anilines is 1. The lowest BCUT2D eigenvalue weighted by molar-refractivity contribution is -0.139. The van der Waals surface area contributed by atoms with E-state index in [1.807, 2.05) is 0 Å². The molecule has 2 heterocycles. The number of H-pyrrole nitrogens is 1. The van der Waals surface area contributed by atoms with Gasteiger partial charge in [-0.2, -0.15) is 0 Å². The zero-order valence-corrected chi connectivity index (χ0v) is 20.0. The Hall–Kier alpha value is -4.42. The predicted octanol–water partition coefficient (Wildman–Crippen LogP) is 0.798. The van der Waals surface area contributed by atoms with Gasteiger partial charge in [-0.05, 0) is 31.9 Å². The van der Waals surface area contributed by atoms with Crippen molar-refractivity contribution in [1.82, 2.24) is 20.2 Å². The van der Waals surface area contributed by atoms with Gasteiger partial charge in [0.2, 0.25) is 0 Å². The van der Waals surface area contributed by atoms with Crippen LogP contribution < -0.4 is 25.8 Å². The quantitative estimate of drug-likeness (QED) is 0.386. The highest BCUT2D eigenvalue weighted by atomic mass is 16.5. The Morgan fingerprint density at radius 1 is 1.22 bits per heavy atom. The number of Topliss-reactive ketones (excluding diaryl/α,β-unsaturated/α-hetero) is 1. The number of urea groups is 1. The number of carbonyl (C=O) groups is 4. The molecule has 192 valence electrons. The maximum atomic E-state index is 13.1. The molecule has 36 heavy (non-hydrogen) atoms. The third-order valence-electron chi connectivity index (χ3n) is 5.79. The summed E-state index contributed by atoms with van der Waals surface area (Å²) in [6, 6.07) is 1.99. The molecule has 1 fully saturated rings. The van der Waals surface area contributed by atoms with E-state index in [0.717, 1.165) is 6.20 Å². The maximum absolute atomic E-state index is 13.1. The lowest BCUT2D eigenvalue weighted by Gasteiger charge is -2.25. The molecule has 3 amide bonds. The molecular formula is C23H27N5O8. The van der Waals surface area contributed by atoms with Crippen molar-refractivity contribution < 1.29 is 33.8 Å². The van der Waals surface area contributed by atoms with Crippen LogP contribution >= 0.6 is 0 Å². The molecule has 0 radical (unpaired) electrons. The number of ketones is 1. The molecule has 1 aliphatic rings. The highest BCUT2D eigenvalue weighted by Crippen LogP contribution is 2.29. The summed E-state index contributed by atoms with van der Waals surface area (Å²) in [6.07, 6.45) is 1.93. The Kier molecular flexibility index (Phi) is 8.25. The van der Waals surface area contributed by atoms with Crippen molar-refractivity contribution in [1.29, 1.82) is 0 Å². The number of amides is 3. The number of aromatic amines is 1. The number of hydrogen-bond acceptors (Lipinski definition) is 8. The van der Waals surface area contributed by atoms with E-state index in [9.17, 15) is 29.1 Å². The second kappa shape index (κ2) is 11.3. The van der Waals surface area contributed by atoms with Crippen molar-refractivity contribution in [3.63, 3.8) is 0 Å². The molecule has 1 aromatic heterocycles. The van der Waals surface area contributed by atoms with E-state index >= 15 is 0 Å². The average Bonchev–Trinajstić information content (AvgIpc) is 3.35. The van der Waals surface area contributed by atoms with E-state index < -0.39 is 35.7 Å². The van der Waals surface area contributed by atoms with Gasteiger partial charge in [-0.15, -0.1) is 0 Å². The number of nitrogens with one attached hydrogen (secondary N) is 3. The van der Waals surface area contributed by atoms with Gasteiger partial charge in [0, 0.05) is 24.7 Å². The number of benzene rings is 1. The number of methoxy groups -OCH3 is 2. The Bertz CT molecular complexity index is 1200. The highest BCUT2D eigenvalue weighted by molar-refractivity contribution is 6.08. The van der Waals surface area contributed by atoms with Gasteiger partial charge in [0.1, 0.15) is 28.9 Å². The first-order valence-electron chi connectivity index (χ1n) is 11.1. The highest BCUT2D eigenvalue weighted by Gasteiger charge is 2.34. The molecule has 1 aromatic carbocycles. The van der Waals surface area contributed by atoms with Gasteiger partial charge >= 0.3 is 17.7 Å². The van der Waals surface area contributed by atoms with Crippen LogP contribution in [0.1, 0.15) is 35.7 Å². The molecule has 2 atom stereocenters. The normalized spacial score (nSPS) is 15.6. The van der Waals surface area contributed by atoms with Gasteiger partial charge in [-0.3, -0.25) is 14.6 Å². The summed E-state index contributed by atoms with van der Waals surface area (Å²) in [5, 5.41) is 14.7. The topological polar surface area (TPSA) is 180 Å². The molecule has 0 saturated carbocycles. The number of ether oxygens (including phenoxy) is 2. The Labute approximate surface area is 205 Å². The zero-order valence-electron chi connectivity index (χ0n) is 20.0. The van der Waals surface area contributed by atoms with E-state index in [1.165, 1.54) is 26.0 Å². The molecule has 3 rings (SSSR count). The second-order valence-electron chi connectivity index (χ2n) is 8.09. The first kappa shape index (κ1) is 26.2. The van der Waals surface area contributed by atoms with Crippen molar-refractivity contribution in [2.24, 2.45) is 0 Å². The first-order chi connectivity index (χ1) is 17.2. The fourth-order valence-corrected chi connectivity index (χ4v) is 4.02. The Morgan fingerprint density at radius 2 is 1.89 bits per heavy atom. The number of carboxylic acids is 1. The molecule has 1 saturated heterocycles. The fraction of sp³-hybridized carbons (Fsp3) is 0.391. The lowest BCUT2D eigenvalue weighted by atomic mass is 10.1. The van der Waals surface area contributed by atoms with Crippen LogP contribution in [-0.4, -0.2) is 76.5 Å². The van der Waals surface area contributed by atoms with Crippen LogP contribution in [0.4, 0.5) is 10.6 Å². The molecule has 4 N–H and O–H groups in total. The Balaban J connectivity index is 1.85. The minimum Gasteiger partial charge on any atom is -0.496 e. The van der Waals surface area contributed by atoms with Gasteiger partial charge < -0.3 is 30.1 Å². The van der Waals surface area contributed by atoms with Crippen molar-refractivity contribution in [2.75, 3.05) is 26.1 Å². The summed E-state index contributed by atoms with van der Waals surface area (Å²) < 4.78 is 10.5. The van der Waals surface area contributed by atoms with E-state index in [2.05, 4.69) is 20.6 Å². The molecule has 13 nitrogen and oxygen atoms in total. The minimum absolute atomic E-state index is 0.0542. The number of likely N-dealkylation sites (tertiary alicyclic amines) is 1. The van der Waals surface area contributed by atoms with Gasteiger partial charge in [-0.25, -0.2) is 19.4 Å². The first-order valence-corrected chi connectivity index (χ1v) is 11.1. The van der Waals surface area contributed by atoms with Crippen molar-refractivity contribution in [3.05, 3.63) is 46.0 Å². The monoisotopic (exact) mass is 501 g/mol. The molecule has 2 aromatic rings. The van der Waals surface area contributed by atoms with Crippen molar-refractivity contribution in [2.45, 2.75) is 38.3 Å². The van der Waals surface area contributed by atoms with Gasteiger partial charge in [0.05, 0.1) is 20.3 Å². The predicted molar refractivity (Wildman–Crippen MR) is 126 cm³/mol. The second-order valence-corrected chi connectivity index (χ2v) is 8.09. The van der Waals surface area contributed by atoms with E-state index in [0.29, 0.717) is 19.4 Å². The van der Waals surface area contributed by atoms with Crippen LogP contribution in [0.25, 0.3) is 0 Å². The number of nitrogens with zero attached hydrogens (tertiary/aromatic N) is 2. The van der Waals surface area contributed by atoms with Crippen LogP contribution in [0, 0.1) is 0 Å². The van der Waals surface area contributed by atoms with Gasteiger partial charge in [0.25, 0.3) is 5.91 Å². The summed E-state index contributed by atoms with van der Waals surface area (Å²) in [7, 11) is 2.75. The number of rotatable bonds is 9. The molecule has 0 aliphatic carbocycles. The lowest BCUT2D eigenvalue weighted by Crippen LogP contribution is -2.51. The third-order valence-corrected chi connectivity index (χ3v) is 5.79. The number of aromatic nitrogens is 2. The third kappa shape index (κ3) is 5.79. The van der Waals surface area contributed by atoms with Crippen LogP contribution in [0.2, 0.25) is 0 Å². The van der Waals surface area contributed by atoms with E-state index in [-0.39, 0.29) is 40.6 Å². The van der Waals surface area contributed by atoms with E-state index in [4.69, 9.17) is 9.47 Å². The molecule has 0 bridgehead atoms. The Morgan fingerprint density at radius 3 is 2.47 bits per heavy atom. The summed E-state index contributed by atoms with van der Waals surface area (Å²) in [6.45, 7) is 1.70. The molecule has 1 aliphatic heterocycles. The number of carbonyl (C=O) groups excluding carboxylic acids is 3. The van der Waals surface area contributed by atoms with Gasteiger partial charge in [-0.1, -0.05) is 6.07 Å². The largest absolute Gasteiger partial charge is 0.496 e. The van der Waals surface area contributed by atoms with Crippen LogP contribution in [0.5, 0.6) is 11.5 Å². The van der Waals surface area contributed by atoms with Crippen molar-refractivity contribution in [3.8, 4) is 11.5 Å². The molecule has 0 spiro atoms. The number of hydrogen-bond donors (Lipinski definition) is 4. The van der Waals surface area contributed by atoms with Gasteiger partial charge in [0.15, 0.2) is 5.78 Å². The average molecular weight is 501 g/mol. The standard InChI is InChI=1S/C23H27N5O8/c1-12(29)15-6-5-9-28(15)23(34)25-14(21(31)32)10-13-11-24-22(33)27-19(13)26-20(30)18-16(35-2)7-4-8-17(18)36-3/h4,7-8,11,14-15H,5-6,9-10H2,1-3H3,(H,25,34)(H,31,32)(H2,24,26,27,30,33). The molecule has 13 heteroatoms. The number of aliphatic carboxylic acids is 1. The molecular weight excluding hydrogens is 474 g/mol. The minimum atomic E-state index is -1.44. The smallest absolute Gasteiger partial charge is 0.346 e. The van der Waals surface area contributed by atoms with E-state index in [1.54, 1.807) is 18.2 Å². The summed E-state index contributed by atoms with van der Waals surface area (Å²) in [5.74, 6) is -1.90. The van der Waals surface area contributed by atoms with Crippen molar-refractivity contribution >= 4 is 29.5 Å². The molecule has 2 unspecified atom stereocenters. The summed E-state index contributed by atoms with van der Waals surface area (Å²) >= 11 is 0. The zero-order chi connectivity index (χ0) is 26.4. The van der Waals surface area contributed by atoms with Crippen LogP contribution in [0.3, 0.4) is 0 Å². The SMILES string of the molecule is COc1cccc(OC)c1C(=O)Nc1[nH]c(=O)ncc1CC(NC(=O)N1CCCC1C(C)=O)C(=O)O. The summed E-state index contributed by atoms with van der Waals surface area (Å²) in [5.41, 5.74) is -0.578. The van der Waals surface area contributed by atoms with Crippen LogP contribution in [0.15, 0.2) is 29.2 Å². The fourth-order valence-electron chi connectivity index (χ4n) is 4.02. The van der Waals surface area contributed by atoms with Crippen LogP contribution in [-0.2, 0) is 16.0 Å². The number of carboxylic acid groups (broad SMARTS) is 1.